The normalized spacial score (nSPS) is 12.8. The number of aromatic nitrogens is 2. The van der Waals surface area contributed by atoms with Gasteiger partial charge in [0, 0.05) is 12.5 Å². The Morgan fingerprint density at radius 1 is 1.40 bits per heavy atom. The predicted molar refractivity (Wildman–Crippen MR) is 81.6 cm³/mol. The monoisotopic (exact) mass is 273 g/mol. The summed E-state index contributed by atoms with van der Waals surface area (Å²) < 4.78 is 2.17. The SMILES string of the molecule is CCCn1c(CC(=O)C(C)CCN)nc2ccccc21. The first kappa shape index (κ1) is 14.7. The summed E-state index contributed by atoms with van der Waals surface area (Å²) in [6.45, 7) is 5.53. The second kappa shape index (κ2) is 6.66. The fraction of sp³-hybridized carbons (Fsp3) is 0.500. The summed E-state index contributed by atoms with van der Waals surface area (Å²) in [7, 11) is 0. The summed E-state index contributed by atoms with van der Waals surface area (Å²) in [5.41, 5.74) is 7.61. The van der Waals surface area contributed by atoms with Crippen LogP contribution in [0.15, 0.2) is 24.3 Å². The third kappa shape index (κ3) is 3.07. The van der Waals surface area contributed by atoms with Crippen LogP contribution in [0, 0.1) is 5.92 Å². The fourth-order valence-electron chi connectivity index (χ4n) is 2.47. The Balaban J connectivity index is 2.28. The zero-order chi connectivity index (χ0) is 14.5. The molecule has 4 nitrogen and oxygen atoms in total. The lowest BCUT2D eigenvalue weighted by atomic mass is 10.00. The summed E-state index contributed by atoms with van der Waals surface area (Å²) in [6.07, 6.45) is 2.17. The zero-order valence-corrected chi connectivity index (χ0v) is 12.3. The number of nitrogens with two attached hydrogens (primary N) is 1. The quantitative estimate of drug-likeness (QED) is 0.843. The molecule has 0 saturated carbocycles. The number of aryl methyl sites for hydroxylation is 1. The summed E-state index contributed by atoms with van der Waals surface area (Å²) >= 11 is 0. The van der Waals surface area contributed by atoms with Gasteiger partial charge in [-0.3, -0.25) is 4.79 Å². The minimum absolute atomic E-state index is 0.00916. The number of rotatable bonds is 7. The first-order valence-corrected chi connectivity index (χ1v) is 7.34. The number of imidazole rings is 1. The number of benzene rings is 1. The third-order valence-corrected chi connectivity index (χ3v) is 3.66. The molecule has 0 amide bonds. The van der Waals surface area contributed by atoms with Crippen LogP contribution in [0.2, 0.25) is 0 Å². The van der Waals surface area contributed by atoms with Gasteiger partial charge in [-0.1, -0.05) is 26.0 Å². The molecular formula is C16H23N3O. The van der Waals surface area contributed by atoms with Crippen molar-refractivity contribution in [1.82, 2.24) is 9.55 Å². The number of nitrogens with zero attached hydrogens (tertiary/aromatic N) is 2. The standard InChI is InChI=1S/C16H23N3O/c1-3-10-19-14-7-5-4-6-13(14)18-16(19)11-15(20)12(2)8-9-17/h4-7,12H,3,8-11,17H2,1-2H3. The largest absolute Gasteiger partial charge is 0.330 e. The topological polar surface area (TPSA) is 60.9 Å². The van der Waals surface area contributed by atoms with Crippen molar-refractivity contribution < 1.29 is 4.79 Å². The maximum Gasteiger partial charge on any atom is 0.143 e. The lowest BCUT2D eigenvalue weighted by molar-refractivity contribution is -0.122. The molecule has 1 aromatic heterocycles. The molecular weight excluding hydrogens is 250 g/mol. The molecule has 0 aliphatic carbocycles. The van der Waals surface area contributed by atoms with E-state index in [1.54, 1.807) is 0 Å². The van der Waals surface area contributed by atoms with Gasteiger partial charge in [-0.15, -0.1) is 0 Å². The van der Waals surface area contributed by atoms with Crippen LogP contribution in [-0.4, -0.2) is 21.9 Å². The van der Waals surface area contributed by atoms with Gasteiger partial charge in [-0.05, 0) is 31.5 Å². The average Bonchev–Trinajstić information content (AvgIpc) is 2.78. The van der Waals surface area contributed by atoms with Crippen molar-refractivity contribution in [2.24, 2.45) is 11.7 Å². The average molecular weight is 273 g/mol. The molecule has 0 spiro atoms. The van der Waals surface area contributed by atoms with Gasteiger partial charge in [0.2, 0.25) is 0 Å². The Morgan fingerprint density at radius 3 is 2.85 bits per heavy atom. The minimum atomic E-state index is 0.00916. The van der Waals surface area contributed by atoms with Crippen LogP contribution in [0.3, 0.4) is 0 Å². The van der Waals surface area contributed by atoms with E-state index in [4.69, 9.17) is 5.73 Å². The van der Waals surface area contributed by atoms with Gasteiger partial charge >= 0.3 is 0 Å². The highest BCUT2D eigenvalue weighted by Crippen LogP contribution is 2.18. The molecule has 108 valence electrons. The molecule has 4 heteroatoms. The van der Waals surface area contributed by atoms with E-state index in [0.717, 1.165) is 36.2 Å². The first-order valence-electron chi connectivity index (χ1n) is 7.34. The van der Waals surface area contributed by atoms with Crippen molar-refractivity contribution >= 4 is 16.8 Å². The van der Waals surface area contributed by atoms with E-state index in [-0.39, 0.29) is 11.7 Å². The molecule has 0 fully saturated rings. The number of hydrogen-bond donors (Lipinski definition) is 1. The predicted octanol–water partition coefficient (Wildman–Crippen LogP) is 2.54. The van der Waals surface area contributed by atoms with Gasteiger partial charge in [0.05, 0.1) is 17.5 Å². The number of Topliss-reactive ketones (excluding diaryl/α,β-unsaturated/α-hetero) is 1. The van der Waals surface area contributed by atoms with E-state index in [0.29, 0.717) is 13.0 Å². The Hall–Kier alpha value is -1.68. The highest BCUT2D eigenvalue weighted by atomic mass is 16.1. The molecule has 0 aliphatic heterocycles. The lowest BCUT2D eigenvalue weighted by Crippen LogP contribution is -2.19. The van der Waals surface area contributed by atoms with Gasteiger partial charge in [-0.2, -0.15) is 0 Å². The summed E-state index contributed by atoms with van der Waals surface area (Å²) in [5, 5.41) is 0. The molecule has 2 aromatic rings. The second-order valence-corrected chi connectivity index (χ2v) is 5.29. The van der Waals surface area contributed by atoms with Crippen LogP contribution in [-0.2, 0) is 17.8 Å². The second-order valence-electron chi connectivity index (χ2n) is 5.29. The van der Waals surface area contributed by atoms with E-state index >= 15 is 0 Å². The minimum Gasteiger partial charge on any atom is -0.330 e. The molecule has 1 heterocycles. The summed E-state index contributed by atoms with van der Waals surface area (Å²) in [5.74, 6) is 1.11. The summed E-state index contributed by atoms with van der Waals surface area (Å²) in [4.78, 5) is 16.9. The molecule has 1 aromatic carbocycles. The molecule has 2 N–H and O–H groups in total. The van der Waals surface area contributed by atoms with Gasteiger partial charge in [0.15, 0.2) is 0 Å². The van der Waals surface area contributed by atoms with Crippen molar-refractivity contribution in [3.05, 3.63) is 30.1 Å². The first-order chi connectivity index (χ1) is 9.67. The van der Waals surface area contributed by atoms with E-state index in [1.807, 2.05) is 25.1 Å². The van der Waals surface area contributed by atoms with Crippen molar-refractivity contribution in [2.75, 3.05) is 6.54 Å². The zero-order valence-electron chi connectivity index (χ0n) is 12.3. The van der Waals surface area contributed by atoms with Crippen molar-refractivity contribution in [3.8, 4) is 0 Å². The molecule has 20 heavy (non-hydrogen) atoms. The third-order valence-electron chi connectivity index (χ3n) is 3.66. The molecule has 0 bridgehead atoms. The van der Waals surface area contributed by atoms with Crippen molar-refractivity contribution in [1.29, 1.82) is 0 Å². The maximum absolute atomic E-state index is 12.2. The maximum atomic E-state index is 12.2. The van der Waals surface area contributed by atoms with E-state index in [1.165, 1.54) is 0 Å². The highest BCUT2D eigenvalue weighted by molar-refractivity contribution is 5.84. The van der Waals surface area contributed by atoms with Gasteiger partial charge in [0.1, 0.15) is 11.6 Å². The van der Waals surface area contributed by atoms with Gasteiger partial charge < -0.3 is 10.3 Å². The van der Waals surface area contributed by atoms with Crippen LogP contribution in [0.1, 0.15) is 32.5 Å². The Bertz CT molecular complexity index is 588. The van der Waals surface area contributed by atoms with E-state index < -0.39 is 0 Å². The number of fused-ring (bicyclic) bond motifs is 1. The molecule has 0 aliphatic rings. The van der Waals surface area contributed by atoms with Gasteiger partial charge in [0.25, 0.3) is 0 Å². The van der Waals surface area contributed by atoms with Crippen LogP contribution >= 0.6 is 0 Å². The number of ketones is 1. The van der Waals surface area contributed by atoms with Crippen LogP contribution in [0.25, 0.3) is 11.0 Å². The lowest BCUT2D eigenvalue weighted by Gasteiger charge is -2.10. The van der Waals surface area contributed by atoms with E-state index in [2.05, 4.69) is 22.5 Å². The van der Waals surface area contributed by atoms with Crippen molar-refractivity contribution in [3.63, 3.8) is 0 Å². The van der Waals surface area contributed by atoms with Crippen LogP contribution < -0.4 is 5.73 Å². The Morgan fingerprint density at radius 2 is 2.15 bits per heavy atom. The number of para-hydroxylation sites is 2. The van der Waals surface area contributed by atoms with Crippen LogP contribution in [0.4, 0.5) is 0 Å². The highest BCUT2D eigenvalue weighted by Gasteiger charge is 2.17. The smallest absolute Gasteiger partial charge is 0.143 e. The summed E-state index contributed by atoms with van der Waals surface area (Å²) in [6, 6.07) is 8.06. The molecule has 1 atom stereocenters. The molecule has 1 unspecified atom stereocenters. The Labute approximate surface area is 120 Å². The van der Waals surface area contributed by atoms with Gasteiger partial charge in [-0.25, -0.2) is 4.98 Å². The van der Waals surface area contributed by atoms with Crippen LogP contribution in [0.5, 0.6) is 0 Å². The van der Waals surface area contributed by atoms with Crippen molar-refractivity contribution in [2.45, 2.75) is 39.7 Å². The molecule has 0 radical (unpaired) electrons. The fourth-order valence-corrected chi connectivity index (χ4v) is 2.47. The number of hydrogen-bond acceptors (Lipinski definition) is 3. The Kier molecular flexibility index (Phi) is 4.90. The molecule has 0 saturated heterocycles. The molecule has 2 rings (SSSR count). The number of carbonyl (C=O) groups is 1. The van der Waals surface area contributed by atoms with E-state index in [9.17, 15) is 4.79 Å². The number of carbonyl (C=O) groups excluding carboxylic acids is 1.